The van der Waals surface area contributed by atoms with Crippen molar-refractivity contribution in [3.63, 3.8) is 0 Å². The third kappa shape index (κ3) is 10.7. The van der Waals surface area contributed by atoms with Gasteiger partial charge in [0.15, 0.2) is 0 Å². The molecule has 0 aromatic carbocycles. The van der Waals surface area contributed by atoms with E-state index in [1.807, 2.05) is 0 Å². The molecule has 0 bridgehead atoms. The zero-order chi connectivity index (χ0) is 13.1. The molecule has 17 heavy (non-hydrogen) atoms. The molecule has 0 aliphatic carbocycles. The van der Waals surface area contributed by atoms with E-state index in [1.54, 1.807) is 14.2 Å². The van der Waals surface area contributed by atoms with E-state index in [1.165, 1.54) is 0 Å². The fraction of sp³-hybridized carbons (Fsp3) is 1.00. The lowest BCUT2D eigenvalue weighted by atomic mass is 10.1. The number of nitrogens with one attached hydrogen (secondary N) is 1. The van der Waals surface area contributed by atoms with Gasteiger partial charge in [-0.05, 0) is 40.2 Å². The first-order valence-corrected chi connectivity index (χ1v) is 6.38. The van der Waals surface area contributed by atoms with Crippen LogP contribution < -0.4 is 5.32 Å². The van der Waals surface area contributed by atoms with Crippen LogP contribution in [0, 0.1) is 0 Å². The SMILES string of the molecule is COCCCNCC(C)OCCC(C)(C)OC. The molecule has 0 fully saturated rings. The van der Waals surface area contributed by atoms with Crippen molar-refractivity contribution in [2.24, 2.45) is 0 Å². The first-order valence-electron chi connectivity index (χ1n) is 6.38. The predicted molar refractivity (Wildman–Crippen MR) is 70.5 cm³/mol. The number of hydrogen-bond acceptors (Lipinski definition) is 4. The average Bonchev–Trinajstić information content (AvgIpc) is 2.28. The molecular formula is C13H29NO3. The van der Waals surface area contributed by atoms with Gasteiger partial charge < -0.3 is 19.5 Å². The lowest BCUT2D eigenvalue weighted by Crippen LogP contribution is -2.30. The molecule has 0 amide bonds. The number of methoxy groups -OCH3 is 2. The largest absolute Gasteiger partial charge is 0.385 e. The van der Waals surface area contributed by atoms with Crippen LogP contribution >= 0.6 is 0 Å². The van der Waals surface area contributed by atoms with Gasteiger partial charge in [0.05, 0.1) is 11.7 Å². The molecule has 0 aliphatic rings. The zero-order valence-electron chi connectivity index (χ0n) is 12.0. The Balaban J connectivity index is 3.37. The second-order valence-electron chi connectivity index (χ2n) is 4.95. The van der Waals surface area contributed by atoms with Crippen molar-refractivity contribution in [2.45, 2.75) is 45.3 Å². The summed E-state index contributed by atoms with van der Waals surface area (Å²) in [5.41, 5.74) is -0.0917. The molecule has 0 saturated carbocycles. The Bertz CT molecular complexity index is 174. The zero-order valence-corrected chi connectivity index (χ0v) is 12.0. The number of rotatable bonds is 11. The summed E-state index contributed by atoms with van der Waals surface area (Å²) in [4.78, 5) is 0. The minimum absolute atomic E-state index is 0.0917. The number of ether oxygens (including phenoxy) is 3. The summed E-state index contributed by atoms with van der Waals surface area (Å²) in [7, 11) is 3.46. The second-order valence-corrected chi connectivity index (χ2v) is 4.95. The second kappa shape index (κ2) is 9.83. The van der Waals surface area contributed by atoms with Crippen LogP contribution in [-0.4, -0.2) is 52.2 Å². The van der Waals surface area contributed by atoms with Crippen molar-refractivity contribution < 1.29 is 14.2 Å². The predicted octanol–water partition coefficient (Wildman–Crippen LogP) is 1.83. The maximum atomic E-state index is 5.71. The van der Waals surface area contributed by atoms with Gasteiger partial charge >= 0.3 is 0 Å². The number of hydrogen-bond donors (Lipinski definition) is 1. The first-order chi connectivity index (χ1) is 8.02. The van der Waals surface area contributed by atoms with Crippen LogP contribution in [0.4, 0.5) is 0 Å². The molecule has 0 heterocycles. The smallest absolute Gasteiger partial charge is 0.0671 e. The lowest BCUT2D eigenvalue weighted by molar-refractivity contribution is -0.0229. The fourth-order valence-electron chi connectivity index (χ4n) is 1.31. The van der Waals surface area contributed by atoms with E-state index in [-0.39, 0.29) is 11.7 Å². The highest BCUT2D eigenvalue weighted by atomic mass is 16.5. The molecule has 0 aromatic heterocycles. The van der Waals surface area contributed by atoms with Crippen LogP contribution in [0.1, 0.15) is 33.6 Å². The molecule has 4 nitrogen and oxygen atoms in total. The van der Waals surface area contributed by atoms with E-state index in [0.717, 1.165) is 39.1 Å². The summed E-state index contributed by atoms with van der Waals surface area (Å²) in [6.45, 7) is 9.64. The van der Waals surface area contributed by atoms with Crippen LogP contribution in [0.2, 0.25) is 0 Å². The summed E-state index contributed by atoms with van der Waals surface area (Å²) in [5, 5.41) is 3.35. The van der Waals surface area contributed by atoms with Gasteiger partial charge in [0.25, 0.3) is 0 Å². The Morgan fingerprint density at radius 1 is 1.18 bits per heavy atom. The maximum Gasteiger partial charge on any atom is 0.0671 e. The topological polar surface area (TPSA) is 39.7 Å². The highest BCUT2D eigenvalue weighted by Gasteiger charge is 2.16. The molecule has 1 atom stereocenters. The van der Waals surface area contributed by atoms with E-state index >= 15 is 0 Å². The van der Waals surface area contributed by atoms with Gasteiger partial charge in [-0.15, -0.1) is 0 Å². The minimum Gasteiger partial charge on any atom is -0.385 e. The minimum atomic E-state index is -0.0917. The van der Waals surface area contributed by atoms with Gasteiger partial charge in [0.2, 0.25) is 0 Å². The van der Waals surface area contributed by atoms with Crippen molar-refractivity contribution in [1.29, 1.82) is 0 Å². The molecule has 104 valence electrons. The van der Waals surface area contributed by atoms with Crippen molar-refractivity contribution in [3.05, 3.63) is 0 Å². The van der Waals surface area contributed by atoms with Crippen molar-refractivity contribution >= 4 is 0 Å². The first kappa shape index (κ1) is 16.8. The van der Waals surface area contributed by atoms with Crippen LogP contribution in [0.5, 0.6) is 0 Å². The van der Waals surface area contributed by atoms with Gasteiger partial charge in [-0.3, -0.25) is 0 Å². The normalized spacial score (nSPS) is 13.9. The molecule has 0 rings (SSSR count). The maximum absolute atomic E-state index is 5.71. The van der Waals surface area contributed by atoms with Gasteiger partial charge in [-0.25, -0.2) is 0 Å². The third-order valence-electron chi connectivity index (χ3n) is 2.79. The molecular weight excluding hydrogens is 218 g/mol. The summed E-state index contributed by atoms with van der Waals surface area (Å²) >= 11 is 0. The van der Waals surface area contributed by atoms with Crippen molar-refractivity contribution in [1.82, 2.24) is 5.32 Å². The quantitative estimate of drug-likeness (QED) is 0.565. The molecule has 0 saturated heterocycles. The standard InChI is InChI=1S/C13H29NO3/c1-12(11-14-8-6-9-15-4)17-10-7-13(2,3)16-5/h12,14H,6-11H2,1-5H3. The van der Waals surface area contributed by atoms with Gasteiger partial charge in [-0.2, -0.15) is 0 Å². The van der Waals surface area contributed by atoms with Crippen LogP contribution in [0.25, 0.3) is 0 Å². The highest BCUT2D eigenvalue weighted by molar-refractivity contribution is 4.67. The highest BCUT2D eigenvalue weighted by Crippen LogP contribution is 2.12. The monoisotopic (exact) mass is 247 g/mol. The molecule has 0 aromatic rings. The van der Waals surface area contributed by atoms with E-state index in [4.69, 9.17) is 14.2 Å². The van der Waals surface area contributed by atoms with Crippen LogP contribution in [0.15, 0.2) is 0 Å². The molecule has 0 aliphatic heterocycles. The van der Waals surface area contributed by atoms with E-state index in [9.17, 15) is 0 Å². The Kier molecular flexibility index (Phi) is 9.74. The molecule has 1 N–H and O–H groups in total. The fourth-order valence-corrected chi connectivity index (χ4v) is 1.31. The molecule has 1 unspecified atom stereocenters. The molecule has 0 spiro atoms. The summed E-state index contributed by atoms with van der Waals surface area (Å²) in [5.74, 6) is 0. The molecule has 0 radical (unpaired) electrons. The Labute approximate surface area is 106 Å². The average molecular weight is 247 g/mol. The summed E-state index contributed by atoms with van der Waals surface area (Å²) in [6.07, 6.45) is 2.20. The third-order valence-corrected chi connectivity index (χ3v) is 2.79. The van der Waals surface area contributed by atoms with Crippen molar-refractivity contribution in [2.75, 3.05) is 40.5 Å². The van der Waals surface area contributed by atoms with E-state index < -0.39 is 0 Å². The van der Waals surface area contributed by atoms with Gasteiger partial charge in [0, 0.05) is 34.0 Å². The Morgan fingerprint density at radius 2 is 1.88 bits per heavy atom. The van der Waals surface area contributed by atoms with E-state index in [0.29, 0.717) is 0 Å². The van der Waals surface area contributed by atoms with Gasteiger partial charge in [-0.1, -0.05) is 0 Å². The van der Waals surface area contributed by atoms with E-state index in [2.05, 4.69) is 26.1 Å². The summed E-state index contributed by atoms with van der Waals surface area (Å²) in [6, 6.07) is 0. The Hall–Kier alpha value is -0.160. The van der Waals surface area contributed by atoms with Crippen LogP contribution in [0.3, 0.4) is 0 Å². The summed E-state index contributed by atoms with van der Waals surface area (Å²) < 4.78 is 16.0. The Morgan fingerprint density at radius 3 is 2.47 bits per heavy atom. The van der Waals surface area contributed by atoms with Crippen LogP contribution in [-0.2, 0) is 14.2 Å². The lowest BCUT2D eigenvalue weighted by Gasteiger charge is -2.23. The van der Waals surface area contributed by atoms with Gasteiger partial charge in [0.1, 0.15) is 0 Å². The molecule has 4 heteroatoms. The van der Waals surface area contributed by atoms with Crippen molar-refractivity contribution in [3.8, 4) is 0 Å².